The molecule has 0 fully saturated rings. The van der Waals surface area contributed by atoms with Crippen LogP contribution in [0.4, 0.5) is 5.69 Å². The highest BCUT2D eigenvalue weighted by molar-refractivity contribution is 5.94. The van der Waals surface area contributed by atoms with Gasteiger partial charge in [-0.2, -0.15) is 0 Å². The molecule has 0 saturated heterocycles. The summed E-state index contributed by atoms with van der Waals surface area (Å²) in [6.07, 6.45) is 1.90. The number of benzene rings is 2. The summed E-state index contributed by atoms with van der Waals surface area (Å²) in [4.78, 5) is 11.8. The fourth-order valence-electron chi connectivity index (χ4n) is 1.92. The molecule has 2 aromatic carbocycles. The number of rotatable bonds is 5. The van der Waals surface area contributed by atoms with Crippen molar-refractivity contribution in [2.45, 2.75) is 12.8 Å². The molecule has 3 N–H and O–H groups in total. The Morgan fingerprint density at radius 1 is 1.05 bits per heavy atom. The number of amides is 1. The number of carbonyl (C=O) groups is 1. The van der Waals surface area contributed by atoms with Crippen LogP contribution in [0.5, 0.6) is 0 Å². The lowest BCUT2D eigenvalue weighted by molar-refractivity contribution is 0.0953. The fraction of sp³-hybridized carbons (Fsp3) is 0.188. The first-order valence-corrected chi connectivity index (χ1v) is 6.43. The van der Waals surface area contributed by atoms with Gasteiger partial charge in [0.2, 0.25) is 0 Å². The third-order valence-electron chi connectivity index (χ3n) is 2.92. The molecular formula is C16H18N2O. The van der Waals surface area contributed by atoms with Crippen LogP contribution in [0.3, 0.4) is 0 Å². The zero-order valence-corrected chi connectivity index (χ0v) is 10.8. The minimum atomic E-state index is -0.0691. The van der Waals surface area contributed by atoms with Crippen molar-refractivity contribution in [2.75, 3.05) is 12.3 Å². The summed E-state index contributed by atoms with van der Waals surface area (Å²) in [5.74, 6) is -0.0691. The summed E-state index contributed by atoms with van der Waals surface area (Å²) in [6.45, 7) is 0.669. The predicted molar refractivity (Wildman–Crippen MR) is 78.0 cm³/mol. The molecule has 0 unspecified atom stereocenters. The van der Waals surface area contributed by atoms with Crippen LogP contribution in [-0.4, -0.2) is 12.5 Å². The molecule has 0 aliphatic heterocycles. The quantitative estimate of drug-likeness (QED) is 0.636. The molecule has 3 nitrogen and oxygen atoms in total. The molecule has 0 bridgehead atoms. The Kier molecular flexibility index (Phi) is 4.56. The van der Waals surface area contributed by atoms with E-state index < -0.39 is 0 Å². The van der Waals surface area contributed by atoms with E-state index in [4.69, 9.17) is 5.73 Å². The van der Waals surface area contributed by atoms with Gasteiger partial charge < -0.3 is 11.1 Å². The topological polar surface area (TPSA) is 55.1 Å². The maximum Gasteiger partial charge on any atom is 0.251 e. The molecule has 0 aliphatic carbocycles. The van der Waals surface area contributed by atoms with Gasteiger partial charge in [0.25, 0.3) is 5.91 Å². The van der Waals surface area contributed by atoms with E-state index in [1.807, 2.05) is 18.2 Å². The van der Waals surface area contributed by atoms with Gasteiger partial charge in [0.05, 0.1) is 0 Å². The highest BCUT2D eigenvalue weighted by Crippen LogP contribution is 2.06. The van der Waals surface area contributed by atoms with Crippen molar-refractivity contribution in [3.63, 3.8) is 0 Å². The minimum Gasteiger partial charge on any atom is -0.399 e. The number of hydrogen-bond acceptors (Lipinski definition) is 2. The number of carbonyl (C=O) groups excluding carboxylic acids is 1. The van der Waals surface area contributed by atoms with Gasteiger partial charge in [-0.15, -0.1) is 0 Å². The lowest BCUT2D eigenvalue weighted by Gasteiger charge is -2.06. The lowest BCUT2D eigenvalue weighted by atomic mass is 10.1. The van der Waals surface area contributed by atoms with Crippen molar-refractivity contribution in [3.8, 4) is 0 Å². The van der Waals surface area contributed by atoms with Gasteiger partial charge in [0.1, 0.15) is 0 Å². The van der Waals surface area contributed by atoms with Crippen LogP contribution >= 0.6 is 0 Å². The Morgan fingerprint density at radius 3 is 2.58 bits per heavy atom. The van der Waals surface area contributed by atoms with Crippen molar-refractivity contribution in [1.29, 1.82) is 0 Å². The van der Waals surface area contributed by atoms with E-state index in [0.717, 1.165) is 12.8 Å². The second kappa shape index (κ2) is 6.59. The molecule has 19 heavy (non-hydrogen) atoms. The van der Waals surface area contributed by atoms with Crippen LogP contribution in [0.25, 0.3) is 0 Å². The molecule has 0 radical (unpaired) electrons. The third kappa shape index (κ3) is 4.14. The number of nitrogen functional groups attached to an aromatic ring is 1. The van der Waals surface area contributed by atoms with E-state index in [1.54, 1.807) is 24.3 Å². The second-order valence-corrected chi connectivity index (χ2v) is 4.47. The predicted octanol–water partition coefficient (Wildman–Crippen LogP) is 2.63. The standard InChI is InChI=1S/C16H18N2O/c17-15-10-4-9-14(12-15)16(19)18-11-5-8-13-6-2-1-3-7-13/h1-4,6-7,9-10,12H,5,8,11,17H2,(H,18,19). The Balaban J connectivity index is 1.75. The highest BCUT2D eigenvalue weighted by Gasteiger charge is 2.04. The van der Waals surface area contributed by atoms with Gasteiger partial charge in [0.15, 0.2) is 0 Å². The first-order valence-electron chi connectivity index (χ1n) is 6.43. The molecule has 0 aromatic heterocycles. The molecule has 3 heteroatoms. The monoisotopic (exact) mass is 254 g/mol. The first-order chi connectivity index (χ1) is 9.25. The molecule has 1 amide bonds. The number of nitrogens with two attached hydrogens (primary N) is 1. The Morgan fingerprint density at radius 2 is 1.84 bits per heavy atom. The second-order valence-electron chi connectivity index (χ2n) is 4.47. The number of anilines is 1. The average Bonchev–Trinajstić information content (AvgIpc) is 2.44. The van der Waals surface area contributed by atoms with Gasteiger partial charge >= 0.3 is 0 Å². The summed E-state index contributed by atoms with van der Waals surface area (Å²) in [6, 6.07) is 17.3. The Labute approximate surface area is 113 Å². The zero-order valence-electron chi connectivity index (χ0n) is 10.8. The summed E-state index contributed by atoms with van der Waals surface area (Å²) in [5, 5.41) is 2.90. The largest absolute Gasteiger partial charge is 0.399 e. The molecule has 0 spiro atoms. The summed E-state index contributed by atoms with van der Waals surface area (Å²) in [5.41, 5.74) is 8.16. The Bertz CT molecular complexity index is 537. The van der Waals surface area contributed by atoms with Crippen LogP contribution in [0, 0.1) is 0 Å². The molecule has 0 heterocycles. The van der Waals surface area contributed by atoms with Gasteiger partial charge in [0, 0.05) is 17.8 Å². The van der Waals surface area contributed by atoms with Gasteiger partial charge in [-0.1, -0.05) is 36.4 Å². The summed E-state index contributed by atoms with van der Waals surface area (Å²) in [7, 11) is 0. The van der Waals surface area contributed by atoms with Crippen molar-refractivity contribution in [1.82, 2.24) is 5.32 Å². The first kappa shape index (κ1) is 13.1. The average molecular weight is 254 g/mol. The fourth-order valence-corrected chi connectivity index (χ4v) is 1.92. The highest BCUT2D eigenvalue weighted by atomic mass is 16.1. The van der Waals surface area contributed by atoms with E-state index >= 15 is 0 Å². The van der Waals surface area contributed by atoms with Crippen LogP contribution in [-0.2, 0) is 6.42 Å². The van der Waals surface area contributed by atoms with Crippen LogP contribution < -0.4 is 11.1 Å². The molecule has 0 aliphatic rings. The molecular weight excluding hydrogens is 236 g/mol. The number of nitrogens with one attached hydrogen (secondary N) is 1. The number of hydrogen-bond donors (Lipinski definition) is 2. The third-order valence-corrected chi connectivity index (χ3v) is 2.92. The maximum absolute atomic E-state index is 11.8. The summed E-state index contributed by atoms with van der Waals surface area (Å²) < 4.78 is 0. The number of aryl methyl sites for hydroxylation is 1. The zero-order chi connectivity index (χ0) is 13.5. The van der Waals surface area contributed by atoms with E-state index in [9.17, 15) is 4.79 Å². The Hall–Kier alpha value is -2.29. The SMILES string of the molecule is Nc1cccc(C(=O)NCCCc2ccccc2)c1. The summed E-state index contributed by atoms with van der Waals surface area (Å²) >= 11 is 0. The molecule has 2 rings (SSSR count). The van der Waals surface area contributed by atoms with E-state index in [2.05, 4.69) is 17.4 Å². The van der Waals surface area contributed by atoms with E-state index in [0.29, 0.717) is 17.8 Å². The van der Waals surface area contributed by atoms with Gasteiger partial charge in [-0.05, 0) is 36.6 Å². The minimum absolute atomic E-state index is 0.0691. The molecule has 0 atom stereocenters. The molecule has 0 saturated carbocycles. The van der Waals surface area contributed by atoms with E-state index in [-0.39, 0.29) is 5.91 Å². The van der Waals surface area contributed by atoms with Crippen molar-refractivity contribution >= 4 is 11.6 Å². The van der Waals surface area contributed by atoms with Gasteiger partial charge in [-0.25, -0.2) is 0 Å². The van der Waals surface area contributed by atoms with Crippen molar-refractivity contribution < 1.29 is 4.79 Å². The van der Waals surface area contributed by atoms with Crippen LogP contribution in [0.2, 0.25) is 0 Å². The van der Waals surface area contributed by atoms with E-state index in [1.165, 1.54) is 5.56 Å². The van der Waals surface area contributed by atoms with Crippen LogP contribution in [0.15, 0.2) is 54.6 Å². The smallest absolute Gasteiger partial charge is 0.251 e. The lowest BCUT2D eigenvalue weighted by Crippen LogP contribution is -2.24. The van der Waals surface area contributed by atoms with Crippen molar-refractivity contribution in [3.05, 3.63) is 65.7 Å². The maximum atomic E-state index is 11.8. The van der Waals surface area contributed by atoms with Crippen LogP contribution in [0.1, 0.15) is 22.3 Å². The molecule has 2 aromatic rings. The van der Waals surface area contributed by atoms with Crippen molar-refractivity contribution in [2.24, 2.45) is 0 Å². The normalized spacial score (nSPS) is 10.1. The molecule has 98 valence electrons. The van der Waals surface area contributed by atoms with Gasteiger partial charge in [-0.3, -0.25) is 4.79 Å².